The molecule has 0 spiro atoms. The Kier molecular flexibility index (Phi) is 3.71. The van der Waals surface area contributed by atoms with Crippen molar-refractivity contribution in [2.24, 2.45) is 5.73 Å². The first kappa shape index (κ1) is 11.8. The first-order chi connectivity index (χ1) is 7.56. The molecule has 0 saturated heterocycles. The van der Waals surface area contributed by atoms with E-state index >= 15 is 0 Å². The number of esters is 1. The number of carbonyl (C=O) groups excluding carboxylic acids is 2. The Hall–Kier alpha value is -2.24. The van der Waals surface area contributed by atoms with Gasteiger partial charge in [0.2, 0.25) is 0 Å². The molecule has 1 amide bonds. The molecule has 1 aromatic rings. The van der Waals surface area contributed by atoms with E-state index in [-0.39, 0.29) is 23.6 Å². The smallest absolute Gasteiger partial charge is 0.343 e. The number of benzene rings is 1. The maximum Gasteiger partial charge on any atom is 0.343 e. The number of methoxy groups -OCH3 is 1. The second-order valence-electron chi connectivity index (χ2n) is 2.95. The molecule has 6 heteroatoms. The fourth-order valence-corrected chi connectivity index (χ4v) is 1.10. The van der Waals surface area contributed by atoms with Crippen molar-refractivity contribution in [1.29, 1.82) is 0 Å². The predicted octanol–water partition coefficient (Wildman–Crippen LogP) is -0.0805. The summed E-state index contributed by atoms with van der Waals surface area (Å²) in [6.45, 7) is -0.328. The molecule has 4 N–H and O–H groups in total. The van der Waals surface area contributed by atoms with Crippen LogP contribution in [-0.4, -0.2) is 25.6 Å². The molecule has 0 saturated carbocycles. The SMILES string of the molecule is COC(=O)COc1c(N)cccc1C(N)=O. The normalized spacial score (nSPS) is 9.56. The molecule has 16 heavy (non-hydrogen) atoms. The lowest BCUT2D eigenvalue weighted by molar-refractivity contribution is -0.142. The van der Waals surface area contributed by atoms with Crippen LogP contribution in [0.15, 0.2) is 18.2 Å². The van der Waals surface area contributed by atoms with E-state index in [0.717, 1.165) is 0 Å². The van der Waals surface area contributed by atoms with Crippen LogP contribution >= 0.6 is 0 Å². The molecule has 1 aromatic carbocycles. The molecule has 0 aliphatic carbocycles. The maximum atomic E-state index is 11.1. The van der Waals surface area contributed by atoms with E-state index in [1.54, 1.807) is 12.1 Å². The summed E-state index contributed by atoms with van der Waals surface area (Å²) in [5.74, 6) is -1.15. The summed E-state index contributed by atoms with van der Waals surface area (Å²) in [6, 6.07) is 4.57. The number of hydrogen-bond donors (Lipinski definition) is 2. The second-order valence-corrected chi connectivity index (χ2v) is 2.95. The molecule has 86 valence electrons. The van der Waals surface area contributed by atoms with Gasteiger partial charge in [0.05, 0.1) is 18.4 Å². The zero-order valence-electron chi connectivity index (χ0n) is 8.73. The van der Waals surface area contributed by atoms with Gasteiger partial charge in [-0.3, -0.25) is 4.79 Å². The van der Waals surface area contributed by atoms with Crippen LogP contribution in [0.1, 0.15) is 10.4 Å². The van der Waals surface area contributed by atoms with Gasteiger partial charge in [-0.2, -0.15) is 0 Å². The fourth-order valence-electron chi connectivity index (χ4n) is 1.10. The van der Waals surface area contributed by atoms with Gasteiger partial charge in [0.1, 0.15) is 0 Å². The van der Waals surface area contributed by atoms with Crippen LogP contribution in [0.2, 0.25) is 0 Å². The minimum Gasteiger partial charge on any atom is -0.479 e. The van der Waals surface area contributed by atoms with Crippen LogP contribution < -0.4 is 16.2 Å². The number of rotatable bonds is 4. The lowest BCUT2D eigenvalue weighted by Gasteiger charge is -2.10. The number of nitrogen functional groups attached to an aromatic ring is 1. The summed E-state index contributed by atoms with van der Waals surface area (Å²) in [5, 5.41) is 0. The number of nitrogens with two attached hydrogens (primary N) is 2. The number of carbonyl (C=O) groups is 2. The van der Waals surface area contributed by atoms with Gasteiger partial charge in [-0.15, -0.1) is 0 Å². The minimum atomic E-state index is -0.674. The van der Waals surface area contributed by atoms with E-state index in [4.69, 9.17) is 16.2 Å². The summed E-state index contributed by atoms with van der Waals surface area (Å²) in [7, 11) is 1.23. The van der Waals surface area contributed by atoms with Crippen LogP contribution in [0.5, 0.6) is 5.75 Å². The molecule has 0 aliphatic rings. The maximum absolute atomic E-state index is 11.1. The van der Waals surface area contributed by atoms with E-state index in [1.165, 1.54) is 13.2 Å². The highest BCUT2D eigenvalue weighted by Gasteiger charge is 2.13. The summed E-state index contributed by atoms with van der Waals surface area (Å²) in [5.41, 5.74) is 11.1. The topological polar surface area (TPSA) is 105 Å². The molecule has 0 radical (unpaired) electrons. The second kappa shape index (κ2) is 5.01. The molecular formula is C10H12N2O4. The van der Waals surface area contributed by atoms with Crippen molar-refractivity contribution in [3.05, 3.63) is 23.8 Å². The van der Waals surface area contributed by atoms with Crippen LogP contribution in [0.3, 0.4) is 0 Å². The van der Waals surface area contributed by atoms with E-state index in [0.29, 0.717) is 0 Å². The highest BCUT2D eigenvalue weighted by atomic mass is 16.6. The van der Waals surface area contributed by atoms with Crippen molar-refractivity contribution in [2.75, 3.05) is 19.5 Å². The quantitative estimate of drug-likeness (QED) is 0.549. The number of para-hydroxylation sites is 1. The van der Waals surface area contributed by atoms with E-state index in [2.05, 4.69) is 4.74 Å². The monoisotopic (exact) mass is 224 g/mol. The first-order valence-electron chi connectivity index (χ1n) is 4.44. The zero-order valence-corrected chi connectivity index (χ0v) is 8.73. The average Bonchev–Trinajstić information content (AvgIpc) is 2.26. The summed E-state index contributed by atoms with van der Waals surface area (Å²) in [4.78, 5) is 21.9. The van der Waals surface area contributed by atoms with Gasteiger partial charge in [0.15, 0.2) is 12.4 Å². The van der Waals surface area contributed by atoms with Gasteiger partial charge >= 0.3 is 5.97 Å². The molecule has 0 aliphatic heterocycles. The molecule has 0 aromatic heterocycles. The van der Waals surface area contributed by atoms with Crippen LogP contribution in [0.25, 0.3) is 0 Å². The standard InChI is InChI=1S/C10H12N2O4/c1-15-8(13)5-16-9-6(10(12)14)3-2-4-7(9)11/h2-4H,5,11H2,1H3,(H2,12,14). The molecule has 1 rings (SSSR count). The Balaban J connectivity index is 2.93. The molecule has 0 fully saturated rings. The van der Waals surface area contributed by atoms with Crippen LogP contribution in [0, 0.1) is 0 Å². The number of anilines is 1. The van der Waals surface area contributed by atoms with Crippen molar-refractivity contribution in [2.45, 2.75) is 0 Å². The van der Waals surface area contributed by atoms with Gasteiger partial charge in [-0.05, 0) is 12.1 Å². The molecule has 0 unspecified atom stereocenters. The van der Waals surface area contributed by atoms with Gasteiger partial charge in [0, 0.05) is 0 Å². The highest BCUT2D eigenvalue weighted by molar-refractivity contribution is 5.97. The van der Waals surface area contributed by atoms with Crippen molar-refractivity contribution in [3.63, 3.8) is 0 Å². The van der Waals surface area contributed by atoms with Gasteiger partial charge in [-0.25, -0.2) is 4.79 Å². The van der Waals surface area contributed by atoms with E-state index < -0.39 is 11.9 Å². The van der Waals surface area contributed by atoms with Crippen LogP contribution in [0.4, 0.5) is 5.69 Å². The van der Waals surface area contributed by atoms with Gasteiger partial charge in [-0.1, -0.05) is 6.07 Å². The third kappa shape index (κ3) is 2.63. The summed E-state index contributed by atoms with van der Waals surface area (Å²) < 4.78 is 9.47. The Morgan fingerprint density at radius 1 is 1.38 bits per heavy atom. The number of amides is 1. The minimum absolute atomic E-state index is 0.0976. The summed E-state index contributed by atoms with van der Waals surface area (Å²) in [6.07, 6.45) is 0. The Labute approximate surface area is 92.1 Å². The van der Waals surface area contributed by atoms with E-state index in [9.17, 15) is 9.59 Å². The van der Waals surface area contributed by atoms with Crippen molar-refractivity contribution < 1.29 is 19.1 Å². The third-order valence-electron chi connectivity index (χ3n) is 1.87. The van der Waals surface area contributed by atoms with Crippen molar-refractivity contribution in [1.82, 2.24) is 0 Å². The Bertz CT molecular complexity index is 417. The lowest BCUT2D eigenvalue weighted by atomic mass is 10.1. The fraction of sp³-hybridized carbons (Fsp3) is 0.200. The molecule has 0 atom stereocenters. The van der Waals surface area contributed by atoms with Gasteiger partial charge in [0.25, 0.3) is 5.91 Å². The zero-order chi connectivity index (χ0) is 12.1. The largest absolute Gasteiger partial charge is 0.479 e. The third-order valence-corrected chi connectivity index (χ3v) is 1.87. The molecule has 0 bridgehead atoms. The first-order valence-corrected chi connectivity index (χ1v) is 4.44. The van der Waals surface area contributed by atoms with E-state index in [1.807, 2.05) is 0 Å². The number of primary amides is 1. The highest BCUT2D eigenvalue weighted by Crippen LogP contribution is 2.25. The Morgan fingerprint density at radius 3 is 2.62 bits per heavy atom. The lowest BCUT2D eigenvalue weighted by Crippen LogP contribution is -2.18. The summed E-state index contributed by atoms with van der Waals surface area (Å²) >= 11 is 0. The predicted molar refractivity (Wildman–Crippen MR) is 56.9 cm³/mol. The molecule has 6 nitrogen and oxygen atoms in total. The molecule has 0 heterocycles. The van der Waals surface area contributed by atoms with Crippen molar-refractivity contribution >= 4 is 17.6 Å². The molecular weight excluding hydrogens is 212 g/mol. The van der Waals surface area contributed by atoms with Gasteiger partial charge < -0.3 is 20.9 Å². The average molecular weight is 224 g/mol. The van der Waals surface area contributed by atoms with Crippen molar-refractivity contribution in [3.8, 4) is 5.75 Å². The number of ether oxygens (including phenoxy) is 2. The Morgan fingerprint density at radius 2 is 2.06 bits per heavy atom. The number of hydrogen-bond acceptors (Lipinski definition) is 5. The van der Waals surface area contributed by atoms with Crippen LogP contribution in [-0.2, 0) is 9.53 Å².